The molecule has 0 spiro atoms. The Morgan fingerprint density at radius 3 is 1.40 bits per heavy atom. The van der Waals surface area contributed by atoms with Crippen LogP contribution in [0, 0.1) is 27.7 Å². The van der Waals surface area contributed by atoms with Crippen LogP contribution in [-0.2, 0) is 71.2 Å². The predicted molar refractivity (Wildman–Crippen MR) is 402 cm³/mol. The molecular formula is C76H80Cl2N10O6S4. The number of carbonyl (C=O) groups is 2. The van der Waals surface area contributed by atoms with E-state index in [2.05, 4.69) is 133 Å². The van der Waals surface area contributed by atoms with Crippen molar-refractivity contribution in [2.45, 2.75) is 138 Å². The second-order valence-electron chi connectivity index (χ2n) is 25.5. The van der Waals surface area contributed by atoms with Crippen LogP contribution in [0.5, 0.6) is 11.5 Å². The molecule has 6 aromatic heterocycles. The molecule has 0 saturated heterocycles. The smallest absolute Gasteiger partial charge is 0.354 e. The molecule has 0 amide bonds. The van der Waals surface area contributed by atoms with Gasteiger partial charge in [0.2, 0.25) is 0 Å². The van der Waals surface area contributed by atoms with E-state index in [9.17, 15) is 9.59 Å². The van der Waals surface area contributed by atoms with E-state index >= 15 is 0 Å². The van der Waals surface area contributed by atoms with Crippen molar-refractivity contribution in [1.82, 2.24) is 48.3 Å². The van der Waals surface area contributed by atoms with E-state index in [0.717, 1.165) is 155 Å². The Labute approximate surface area is 598 Å². The number of thioether (sulfide) groups is 4. The summed E-state index contributed by atoms with van der Waals surface area (Å²) in [4.78, 5) is 29.0. The third-order valence-corrected chi connectivity index (χ3v) is 23.1. The highest BCUT2D eigenvalue weighted by Gasteiger charge is 2.31. The zero-order valence-corrected chi connectivity index (χ0v) is 62.1. The van der Waals surface area contributed by atoms with E-state index in [1.54, 1.807) is 35.3 Å². The molecule has 16 nitrogen and oxygen atoms in total. The Morgan fingerprint density at radius 1 is 0.510 bits per heavy atom. The second kappa shape index (κ2) is 29.2. The van der Waals surface area contributed by atoms with Crippen LogP contribution in [0.2, 0.25) is 10.0 Å². The van der Waals surface area contributed by atoms with Gasteiger partial charge < -0.3 is 28.1 Å². The fourth-order valence-electron chi connectivity index (χ4n) is 13.9. The first-order valence-electron chi connectivity index (χ1n) is 33.0. The Kier molecular flexibility index (Phi) is 20.5. The molecule has 0 fully saturated rings. The van der Waals surface area contributed by atoms with Gasteiger partial charge in [-0.25, -0.2) is 9.59 Å². The van der Waals surface area contributed by atoms with Crippen LogP contribution in [0.15, 0.2) is 119 Å². The third kappa shape index (κ3) is 13.4. The van der Waals surface area contributed by atoms with Gasteiger partial charge in [-0.2, -0.15) is 20.4 Å². The molecule has 508 valence electrons. The highest BCUT2D eigenvalue weighted by atomic mass is 35.5. The normalized spacial score (nSPS) is 14.2. The minimum absolute atomic E-state index is 0.237. The summed E-state index contributed by atoms with van der Waals surface area (Å²) >= 11 is 21.3. The number of hydrogen-bond donors (Lipinski definition) is 0. The van der Waals surface area contributed by atoms with Gasteiger partial charge in [0.15, 0.2) is 0 Å². The zero-order valence-electron chi connectivity index (χ0n) is 57.3. The molecule has 0 unspecified atom stereocenters. The largest absolute Gasteiger partial charge is 0.493 e. The number of rotatable bonds is 4. The monoisotopic (exact) mass is 1430 g/mol. The average Bonchev–Trinajstić information content (AvgIpc) is 1.57. The van der Waals surface area contributed by atoms with Crippen LogP contribution in [-0.4, -0.2) is 87.6 Å². The third-order valence-electron chi connectivity index (χ3n) is 18.5. The Hall–Kier alpha value is -7.72. The summed E-state index contributed by atoms with van der Waals surface area (Å²) in [6, 6.07) is 38.3. The summed E-state index contributed by atoms with van der Waals surface area (Å²) in [6.45, 7) is 18.9. The molecule has 2 aliphatic rings. The fourth-order valence-corrected chi connectivity index (χ4v) is 17.9. The van der Waals surface area contributed by atoms with Crippen molar-refractivity contribution >= 4 is 126 Å². The lowest BCUT2D eigenvalue weighted by molar-refractivity contribution is 0.0579. The predicted octanol–water partition coefficient (Wildman–Crippen LogP) is 19.1. The van der Waals surface area contributed by atoms with E-state index in [0.29, 0.717) is 72.1 Å². The van der Waals surface area contributed by atoms with E-state index in [4.69, 9.17) is 62.5 Å². The number of carbonyl (C=O) groups excluding carboxylic acids is 2. The number of aryl methyl sites for hydroxylation is 6. The van der Waals surface area contributed by atoms with Gasteiger partial charge in [-0.3, -0.25) is 18.7 Å². The molecule has 98 heavy (non-hydrogen) atoms. The van der Waals surface area contributed by atoms with Crippen LogP contribution in [0.25, 0.3) is 65.6 Å². The molecule has 0 N–H and O–H groups in total. The van der Waals surface area contributed by atoms with Gasteiger partial charge in [0.1, 0.15) is 22.9 Å². The van der Waals surface area contributed by atoms with E-state index in [1.165, 1.54) is 25.6 Å². The molecule has 12 aromatic rings. The number of esters is 2. The molecular weight excluding hydrogens is 1350 g/mol. The summed E-state index contributed by atoms with van der Waals surface area (Å²) < 4.78 is 36.0. The van der Waals surface area contributed by atoms with Crippen molar-refractivity contribution < 1.29 is 28.5 Å². The standard InChI is InChI=1S/2C38H40ClN5O3S2/c1-22(2)44-27-17-26(40-44)19-49-28-16-25-10-7-8-11-29(25)33(18-28)47-15-9-14-43-32-13-12-30(39)36(34(32)23(3)37(43)38(45)46-6)35-24(4)42(5)41-31(35)21-48-20-27;1-22(2)44-27-17-26(40-44)19-48-21-31-35(24(4)42(5)41-31)36-30(39)12-13-32-34(36)23(3)37(38(45)46-6)43(32)14-9-15-47-33-18-28(49-20-27)16-25-10-7-8-11-29(25)33/h2*7-8,10-13,16-18,22H,9,14-15,19-21H2,1-6H3. The summed E-state index contributed by atoms with van der Waals surface area (Å²) in [7, 11) is 6.80. The van der Waals surface area contributed by atoms with Crippen molar-refractivity contribution in [3.8, 4) is 33.8 Å². The number of ether oxygens (including phenoxy) is 4. The first kappa shape index (κ1) is 68.8. The van der Waals surface area contributed by atoms with Crippen LogP contribution < -0.4 is 9.47 Å². The number of benzene rings is 6. The van der Waals surface area contributed by atoms with Crippen molar-refractivity contribution in [3.05, 3.63) is 187 Å². The maximum absolute atomic E-state index is 13.4. The number of aromatic nitrogens is 10. The lowest BCUT2D eigenvalue weighted by Gasteiger charge is -2.15. The fraction of sp³-hybridized carbons (Fsp3) is 0.342. The van der Waals surface area contributed by atoms with Gasteiger partial charge in [0, 0.05) is 171 Å². The Bertz CT molecular complexity index is 5060. The minimum atomic E-state index is -0.374. The van der Waals surface area contributed by atoms with Crippen LogP contribution in [0.3, 0.4) is 0 Å². The van der Waals surface area contributed by atoms with Crippen molar-refractivity contribution in [1.29, 1.82) is 0 Å². The Morgan fingerprint density at radius 2 is 0.939 bits per heavy atom. The molecule has 6 aromatic carbocycles. The van der Waals surface area contributed by atoms with Crippen molar-refractivity contribution in [3.63, 3.8) is 0 Å². The van der Waals surface area contributed by atoms with E-state index in [1.807, 2.05) is 85.5 Å². The topological polar surface area (TPSA) is 152 Å². The maximum atomic E-state index is 13.4. The van der Waals surface area contributed by atoms with Gasteiger partial charge in [-0.05, 0) is 151 Å². The first-order valence-corrected chi connectivity index (χ1v) is 38.1. The quantitative estimate of drug-likeness (QED) is 0.154. The molecule has 16 bridgehead atoms. The van der Waals surface area contributed by atoms with Gasteiger partial charge in [0.25, 0.3) is 0 Å². The van der Waals surface area contributed by atoms with Gasteiger partial charge >= 0.3 is 11.9 Å². The number of nitrogens with zero attached hydrogens (tertiary/aromatic N) is 10. The molecule has 8 heterocycles. The molecule has 0 atom stereocenters. The van der Waals surface area contributed by atoms with Crippen LogP contribution in [0.1, 0.15) is 130 Å². The number of methoxy groups -OCH3 is 2. The molecule has 0 aliphatic carbocycles. The van der Waals surface area contributed by atoms with E-state index in [-0.39, 0.29) is 24.0 Å². The SMILES string of the molecule is COC(=O)c1c(C)c2c3c(Cl)ccc2n1CCCOc1cc(cc2ccccc12)SCc1cc(n(C(C)C)n1)CSCc1nn(C)c(C)c1-3.COC(=O)c1c(C)c2c3c(Cl)ccc2n1CCCOc1cc(cc2ccccc12)SCc1cc(nn1C(C)C)CSCc1nn(C)c(C)c1-3. The average molecular weight is 1430 g/mol. The summed E-state index contributed by atoms with van der Waals surface area (Å²) in [5.41, 5.74) is 16.9. The van der Waals surface area contributed by atoms with Crippen LogP contribution >= 0.6 is 70.2 Å². The Balaban J connectivity index is 0.000000176. The van der Waals surface area contributed by atoms with Gasteiger partial charge in [-0.15, -0.1) is 47.0 Å². The zero-order chi connectivity index (χ0) is 68.8. The molecule has 2 aliphatic heterocycles. The molecule has 14 rings (SSSR count). The minimum Gasteiger partial charge on any atom is -0.493 e. The number of fused-ring (bicyclic) bond motifs is 16. The van der Waals surface area contributed by atoms with Crippen molar-refractivity contribution in [2.24, 2.45) is 14.1 Å². The number of hydrogen-bond acceptors (Lipinski definition) is 14. The number of halogens is 2. The lowest BCUT2D eigenvalue weighted by atomic mass is 9.97. The summed E-state index contributed by atoms with van der Waals surface area (Å²) in [6.07, 6.45) is 1.36. The molecule has 0 saturated carbocycles. The van der Waals surface area contributed by atoms with Gasteiger partial charge in [-0.1, -0.05) is 71.7 Å². The van der Waals surface area contributed by atoms with Crippen molar-refractivity contribution in [2.75, 3.05) is 27.4 Å². The highest BCUT2D eigenvalue weighted by Crippen LogP contribution is 2.46. The molecule has 22 heteroatoms. The van der Waals surface area contributed by atoms with Gasteiger partial charge in [0.05, 0.1) is 50.2 Å². The summed E-state index contributed by atoms with van der Waals surface area (Å²) in [5, 5.41) is 27.6. The highest BCUT2D eigenvalue weighted by molar-refractivity contribution is 7.99. The van der Waals surface area contributed by atoms with Crippen LogP contribution in [0.4, 0.5) is 0 Å². The summed E-state index contributed by atoms with van der Waals surface area (Å²) in [5.74, 6) is 5.43. The first-order chi connectivity index (χ1) is 47.3. The lowest BCUT2D eigenvalue weighted by Crippen LogP contribution is -2.13. The maximum Gasteiger partial charge on any atom is 0.354 e. The second-order valence-corrected chi connectivity index (χ2v) is 30.4. The molecule has 0 radical (unpaired) electrons. The van der Waals surface area contributed by atoms with E-state index < -0.39 is 0 Å².